The summed E-state index contributed by atoms with van der Waals surface area (Å²) >= 11 is 6.36. The normalized spacial score (nSPS) is 25.1. The van der Waals surface area contributed by atoms with E-state index in [-0.39, 0.29) is 5.38 Å². The van der Waals surface area contributed by atoms with E-state index in [1.807, 2.05) is 0 Å². The Morgan fingerprint density at radius 2 is 2.22 bits per heavy atom. The first kappa shape index (κ1) is 13.7. The van der Waals surface area contributed by atoms with Gasteiger partial charge < -0.3 is 4.74 Å². The molecule has 1 heterocycles. The molecule has 18 heavy (non-hydrogen) atoms. The Bertz CT molecular complexity index is 407. The van der Waals surface area contributed by atoms with E-state index in [2.05, 4.69) is 36.9 Å². The second kappa shape index (κ2) is 5.94. The van der Waals surface area contributed by atoms with Crippen LogP contribution in [0, 0.1) is 12.8 Å². The van der Waals surface area contributed by atoms with Crippen molar-refractivity contribution in [2.45, 2.75) is 32.2 Å². The first-order chi connectivity index (χ1) is 8.60. The highest BCUT2D eigenvalue weighted by Gasteiger charge is 2.24. The average Bonchev–Trinajstić information content (AvgIpc) is 2.34. The van der Waals surface area contributed by atoms with E-state index in [1.165, 1.54) is 17.5 Å². The number of likely N-dealkylation sites (tertiary alicyclic amines) is 1. The van der Waals surface area contributed by atoms with Gasteiger partial charge in [0.15, 0.2) is 0 Å². The molecule has 2 rings (SSSR count). The number of alkyl halides is 1. The standard InChI is InChI=1S/C15H22ClNO/c1-11-4-5-15(18-3)13(8-11)9-17-7-6-12(2)14(16)10-17/h4-5,8,12,14H,6-7,9-10H2,1-3H3. The predicted molar refractivity (Wildman–Crippen MR) is 76.4 cm³/mol. The summed E-state index contributed by atoms with van der Waals surface area (Å²) in [4.78, 5) is 2.43. The average molecular weight is 268 g/mol. The minimum Gasteiger partial charge on any atom is -0.496 e. The predicted octanol–water partition coefficient (Wildman–Crippen LogP) is 3.45. The molecule has 2 nitrogen and oxygen atoms in total. The van der Waals surface area contributed by atoms with Gasteiger partial charge in [0.05, 0.1) is 7.11 Å². The lowest BCUT2D eigenvalue weighted by Crippen LogP contribution is -2.39. The van der Waals surface area contributed by atoms with E-state index in [4.69, 9.17) is 16.3 Å². The van der Waals surface area contributed by atoms with Crippen LogP contribution in [0.15, 0.2) is 18.2 Å². The van der Waals surface area contributed by atoms with Crippen LogP contribution in [0.1, 0.15) is 24.5 Å². The third-order valence-corrected chi connectivity index (χ3v) is 4.35. The maximum absolute atomic E-state index is 6.36. The Kier molecular flexibility index (Phi) is 4.52. The molecule has 100 valence electrons. The van der Waals surface area contributed by atoms with Crippen molar-refractivity contribution in [3.8, 4) is 5.75 Å². The quantitative estimate of drug-likeness (QED) is 0.778. The van der Waals surface area contributed by atoms with Gasteiger partial charge in [-0.2, -0.15) is 0 Å². The molecule has 1 aliphatic rings. The third kappa shape index (κ3) is 3.18. The van der Waals surface area contributed by atoms with Gasteiger partial charge in [0.1, 0.15) is 5.75 Å². The number of ether oxygens (including phenoxy) is 1. The van der Waals surface area contributed by atoms with E-state index < -0.39 is 0 Å². The summed E-state index contributed by atoms with van der Waals surface area (Å²) in [7, 11) is 1.73. The molecule has 0 amide bonds. The molecule has 1 aromatic carbocycles. The largest absolute Gasteiger partial charge is 0.496 e. The topological polar surface area (TPSA) is 12.5 Å². The molecule has 0 bridgehead atoms. The molecule has 1 aromatic rings. The van der Waals surface area contributed by atoms with Crippen LogP contribution in [0.4, 0.5) is 0 Å². The Hall–Kier alpha value is -0.730. The van der Waals surface area contributed by atoms with Crippen LogP contribution >= 0.6 is 11.6 Å². The van der Waals surface area contributed by atoms with Gasteiger partial charge in [-0.3, -0.25) is 4.90 Å². The molecule has 3 heteroatoms. The molecule has 2 unspecified atom stereocenters. The second-order valence-corrected chi connectivity index (χ2v) is 5.89. The summed E-state index contributed by atoms with van der Waals surface area (Å²) in [6, 6.07) is 6.35. The summed E-state index contributed by atoms with van der Waals surface area (Å²) < 4.78 is 5.43. The number of nitrogens with zero attached hydrogens (tertiary/aromatic N) is 1. The highest BCUT2D eigenvalue weighted by atomic mass is 35.5. The number of methoxy groups -OCH3 is 1. The number of rotatable bonds is 3. The Morgan fingerprint density at radius 1 is 1.44 bits per heavy atom. The lowest BCUT2D eigenvalue weighted by atomic mass is 9.98. The van der Waals surface area contributed by atoms with Crippen molar-refractivity contribution in [1.29, 1.82) is 0 Å². The van der Waals surface area contributed by atoms with Gasteiger partial charge in [-0.15, -0.1) is 11.6 Å². The van der Waals surface area contributed by atoms with Crippen LogP contribution < -0.4 is 4.74 Å². The highest BCUT2D eigenvalue weighted by molar-refractivity contribution is 6.21. The van der Waals surface area contributed by atoms with E-state index in [1.54, 1.807) is 7.11 Å². The monoisotopic (exact) mass is 267 g/mol. The van der Waals surface area contributed by atoms with Gasteiger partial charge >= 0.3 is 0 Å². The minimum absolute atomic E-state index is 0.273. The fraction of sp³-hybridized carbons (Fsp3) is 0.600. The summed E-state index contributed by atoms with van der Waals surface area (Å²) in [5, 5.41) is 0.273. The molecule has 2 atom stereocenters. The van der Waals surface area contributed by atoms with Gasteiger partial charge in [0.25, 0.3) is 0 Å². The summed E-state index contributed by atoms with van der Waals surface area (Å²) in [6.07, 6.45) is 1.18. The molecule has 0 saturated carbocycles. The molecular weight excluding hydrogens is 246 g/mol. The van der Waals surface area contributed by atoms with E-state index in [9.17, 15) is 0 Å². The van der Waals surface area contributed by atoms with Crippen LogP contribution in [-0.2, 0) is 6.54 Å². The zero-order chi connectivity index (χ0) is 13.1. The molecule has 1 fully saturated rings. The van der Waals surface area contributed by atoms with Crippen LogP contribution in [0.5, 0.6) is 5.75 Å². The van der Waals surface area contributed by atoms with Gasteiger partial charge in [0, 0.05) is 24.0 Å². The molecule has 0 aliphatic carbocycles. The molecule has 0 spiro atoms. The molecule has 1 aliphatic heterocycles. The number of aryl methyl sites for hydroxylation is 1. The van der Waals surface area contributed by atoms with E-state index >= 15 is 0 Å². The molecule has 0 N–H and O–H groups in total. The number of benzene rings is 1. The molecular formula is C15H22ClNO. The van der Waals surface area contributed by atoms with Crippen molar-refractivity contribution in [1.82, 2.24) is 4.90 Å². The smallest absolute Gasteiger partial charge is 0.123 e. The van der Waals surface area contributed by atoms with E-state index in [0.717, 1.165) is 25.4 Å². The van der Waals surface area contributed by atoms with Gasteiger partial charge in [0.2, 0.25) is 0 Å². The van der Waals surface area contributed by atoms with Crippen LogP contribution in [0.25, 0.3) is 0 Å². The molecule has 1 saturated heterocycles. The van der Waals surface area contributed by atoms with Crippen molar-refractivity contribution in [3.63, 3.8) is 0 Å². The molecule has 0 aromatic heterocycles. The van der Waals surface area contributed by atoms with Crippen molar-refractivity contribution < 1.29 is 4.74 Å². The number of halogens is 1. The Balaban J connectivity index is 2.07. The fourth-order valence-corrected chi connectivity index (χ4v) is 2.82. The fourth-order valence-electron chi connectivity index (χ4n) is 2.50. The second-order valence-electron chi connectivity index (χ2n) is 5.33. The van der Waals surface area contributed by atoms with Crippen LogP contribution in [-0.4, -0.2) is 30.5 Å². The van der Waals surface area contributed by atoms with Gasteiger partial charge in [-0.05, 0) is 31.9 Å². The van der Waals surface area contributed by atoms with Crippen LogP contribution in [0.2, 0.25) is 0 Å². The third-order valence-electron chi connectivity index (χ3n) is 3.78. The van der Waals surface area contributed by atoms with Crippen molar-refractivity contribution in [2.24, 2.45) is 5.92 Å². The number of piperidine rings is 1. The van der Waals surface area contributed by atoms with E-state index in [0.29, 0.717) is 5.92 Å². The van der Waals surface area contributed by atoms with Crippen molar-refractivity contribution in [2.75, 3.05) is 20.2 Å². The van der Waals surface area contributed by atoms with Crippen LogP contribution in [0.3, 0.4) is 0 Å². The lowest BCUT2D eigenvalue weighted by Gasteiger charge is -2.34. The minimum atomic E-state index is 0.273. The Morgan fingerprint density at radius 3 is 2.89 bits per heavy atom. The maximum Gasteiger partial charge on any atom is 0.123 e. The highest BCUT2D eigenvalue weighted by Crippen LogP contribution is 2.26. The molecule has 0 radical (unpaired) electrons. The zero-order valence-electron chi connectivity index (χ0n) is 11.4. The SMILES string of the molecule is COc1ccc(C)cc1CN1CCC(C)C(Cl)C1. The Labute approximate surface area is 115 Å². The van der Waals surface area contributed by atoms with Crippen molar-refractivity contribution in [3.05, 3.63) is 29.3 Å². The first-order valence-electron chi connectivity index (χ1n) is 6.60. The van der Waals surface area contributed by atoms with Crippen molar-refractivity contribution >= 4 is 11.6 Å². The number of hydrogen-bond donors (Lipinski definition) is 0. The van der Waals surface area contributed by atoms with Gasteiger partial charge in [-0.1, -0.05) is 24.6 Å². The maximum atomic E-state index is 6.36. The number of hydrogen-bond acceptors (Lipinski definition) is 2. The summed E-state index contributed by atoms with van der Waals surface area (Å²) in [5.74, 6) is 1.60. The lowest BCUT2D eigenvalue weighted by molar-refractivity contribution is 0.187. The first-order valence-corrected chi connectivity index (χ1v) is 7.03. The van der Waals surface area contributed by atoms with Gasteiger partial charge in [-0.25, -0.2) is 0 Å². The zero-order valence-corrected chi connectivity index (χ0v) is 12.2. The summed E-state index contributed by atoms with van der Waals surface area (Å²) in [5.41, 5.74) is 2.54. The summed E-state index contributed by atoms with van der Waals surface area (Å²) in [6.45, 7) is 7.38.